The lowest BCUT2D eigenvalue weighted by atomic mass is 9.47. The van der Waals surface area contributed by atoms with Gasteiger partial charge in [0, 0.05) is 36.1 Å². The Hall–Kier alpha value is -2.08. The van der Waals surface area contributed by atoms with Crippen LogP contribution < -0.4 is 11.1 Å². The van der Waals surface area contributed by atoms with Gasteiger partial charge in [-0.3, -0.25) is 9.69 Å². The van der Waals surface area contributed by atoms with Crippen LogP contribution in [0.1, 0.15) is 63.4 Å². The third-order valence-corrected chi connectivity index (χ3v) is 9.93. The van der Waals surface area contributed by atoms with Crippen LogP contribution in [0.3, 0.4) is 0 Å². The van der Waals surface area contributed by atoms with E-state index in [2.05, 4.69) is 52.5 Å². The number of benzene rings is 1. The molecule has 6 heteroatoms. The molecule has 178 valence electrons. The number of amides is 3. The van der Waals surface area contributed by atoms with Gasteiger partial charge < -0.3 is 16.0 Å². The molecule has 4 unspecified atom stereocenters. The minimum atomic E-state index is -0.293. The summed E-state index contributed by atoms with van der Waals surface area (Å²) >= 11 is 0. The number of carbonyl (C=O) groups is 2. The van der Waals surface area contributed by atoms with Crippen molar-refractivity contribution in [2.75, 3.05) is 7.05 Å². The van der Waals surface area contributed by atoms with E-state index in [4.69, 9.17) is 5.73 Å². The topological polar surface area (TPSA) is 78.7 Å². The highest BCUT2D eigenvalue weighted by atomic mass is 16.2. The van der Waals surface area contributed by atoms with Gasteiger partial charge in [-0.05, 0) is 88.2 Å². The first-order valence-corrected chi connectivity index (χ1v) is 13.0. The largest absolute Gasteiger partial charge is 0.369 e. The average molecular weight is 451 g/mol. The second-order valence-electron chi connectivity index (χ2n) is 11.9. The second kappa shape index (κ2) is 8.00. The van der Waals surface area contributed by atoms with Crippen LogP contribution in [0.15, 0.2) is 30.3 Å². The molecule has 4 aliphatic carbocycles. The molecule has 6 fully saturated rings. The number of primary amides is 1. The van der Waals surface area contributed by atoms with E-state index in [-0.39, 0.29) is 23.4 Å². The van der Waals surface area contributed by atoms with E-state index in [9.17, 15) is 9.59 Å². The van der Waals surface area contributed by atoms with E-state index >= 15 is 0 Å². The Morgan fingerprint density at radius 1 is 1.03 bits per heavy atom. The molecule has 2 aliphatic heterocycles. The normalized spacial score (nSPS) is 40.9. The van der Waals surface area contributed by atoms with Crippen molar-refractivity contribution in [1.29, 1.82) is 0 Å². The molecule has 0 radical (unpaired) electrons. The number of nitrogens with one attached hydrogen (secondary N) is 1. The maximum absolute atomic E-state index is 13.5. The lowest BCUT2D eigenvalue weighted by Gasteiger charge is -2.59. The monoisotopic (exact) mass is 450 g/mol. The van der Waals surface area contributed by atoms with Gasteiger partial charge in [0.2, 0.25) is 5.91 Å². The molecule has 33 heavy (non-hydrogen) atoms. The Morgan fingerprint density at radius 2 is 1.67 bits per heavy atom. The van der Waals surface area contributed by atoms with Crippen molar-refractivity contribution in [2.45, 2.75) is 88.5 Å². The second-order valence-corrected chi connectivity index (χ2v) is 11.9. The van der Waals surface area contributed by atoms with E-state index in [1.807, 2.05) is 0 Å². The fraction of sp³-hybridized carbons (Fsp3) is 0.704. The molecule has 2 saturated heterocycles. The van der Waals surface area contributed by atoms with Crippen molar-refractivity contribution in [3.63, 3.8) is 0 Å². The summed E-state index contributed by atoms with van der Waals surface area (Å²) in [6, 6.07) is 12.3. The lowest BCUT2D eigenvalue weighted by Crippen LogP contribution is -2.64. The average Bonchev–Trinajstić information content (AvgIpc) is 3.05. The van der Waals surface area contributed by atoms with Crippen LogP contribution in [0, 0.1) is 23.2 Å². The molecule has 4 saturated carbocycles. The predicted molar refractivity (Wildman–Crippen MR) is 127 cm³/mol. The summed E-state index contributed by atoms with van der Waals surface area (Å²) in [6.45, 7) is 0.964. The number of hydrogen-bond donors (Lipinski definition) is 2. The van der Waals surface area contributed by atoms with Crippen LogP contribution in [-0.4, -0.2) is 53.0 Å². The van der Waals surface area contributed by atoms with Crippen molar-refractivity contribution in [3.05, 3.63) is 35.9 Å². The van der Waals surface area contributed by atoms with E-state index < -0.39 is 0 Å². The van der Waals surface area contributed by atoms with Crippen molar-refractivity contribution in [1.82, 2.24) is 15.1 Å². The minimum Gasteiger partial charge on any atom is -0.369 e. The number of fused-ring (bicyclic) bond motifs is 2. The molecule has 6 aliphatic rings. The van der Waals surface area contributed by atoms with Gasteiger partial charge >= 0.3 is 6.03 Å². The molecule has 0 aromatic heterocycles. The Balaban J connectivity index is 1.10. The summed E-state index contributed by atoms with van der Waals surface area (Å²) in [5, 5.41) is 3.49. The summed E-state index contributed by atoms with van der Waals surface area (Å²) in [7, 11) is 2.23. The van der Waals surface area contributed by atoms with Crippen molar-refractivity contribution >= 4 is 11.9 Å². The fourth-order valence-electron chi connectivity index (χ4n) is 8.62. The van der Waals surface area contributed by atoms with Gasteiger partial charge in [-0.1, -0.05) is 30.3 Å². The zero-order chi connectivity index (χ0) is 22.7. The molecule has 7 rings (SSSR count). The summed E-state index contributed by atoms with van der Waals surface area (Å²) in [6.07, 6.45) is 9.40. The summed E-state index contributed by atoms with van der Waals surface area (Å²) in [4.78, 5) is 30.5. The van der Waals surface area contributed by atoms with Gasteiger partial charge in [-0.2, -0.15) is 0 Å². The number of nitrogens with two attached hydrogens (primary N) is 1. The number of hydrogen-bond acceptors (Lipinski definition) is 3. The highest BCUT2D eigenvalue weighted by molar-refractivity contribution is 5.81. The zero-order valence-electron chi connectivity index (χ0n) is 19.8. The summed E-state index contributed by atoms with van der Waals surface area (Å²) in [5.41, 5.74) is 6.90. The van der Waals surface area contributed by atoms with Gasteiger partial charge in [0.05, 0.1) is 0 Å². The van der Waals surface area contributed by atoms with E-state index in [1.54, 1.807) is 0 Å². The Morgan fingerprint density at radius 3 is 2.27 bits per heavy atom. The van der Waals surface area contributed by atoms with Crippen LogP contribution >= 0.6 is 0 Å². The number of urea groups is 1. The van der Waals surface area contributed by atoms with Gasteiger partial charge in [0.1, 0.15) is 0 Å². The van der Waals surface area contributed by atoms with E-state index in [0.29, 0.717) is 35.9 Å². The van der Waals surface area contributed by atoms with Gasteiger partial charge in [-0.25, -0.2) is 4.79 Å². The molecule has 3 N–H and O–H groups in total. The van der Waals surface area contributed by atoms with Gasteiger partial charge in [-0.15, -0.1) is 0 Å². The first-order chi connectivity index (χ1) is 15.9. The lowest BCUT2D eigenvalue weighted by molar-refractivity contribution is -0.145. The SMILES string of the molecule is CN(Cc1ccccc1)C1CC2CC[C@@H](C1)N2C(=O)NC1C2CC3CC1CC(C(N)=O)(C3)C2. The third kappa shape index (κ3) is 3.65. The Labute approximate surface area is 197 Å². The first kappa shape index (κ1) is 21.5. The first-order valence-electron chi connectivity index (χ1n) is 13.0. The quantitative estimate of drug-likeness (QED) is 0.721. The Bertz CT molecular complexity index is 890. The van der Waals surface area contributed by atoms with E-state index in [0.717, 1.165) is 64.3 Å². The number of rotatable bonds is 5. The van der Waals surface area contributed by atoms with Crippen LogP contribution in [-0.2, 0) is 11.3 Å². The molecule has 3 amide bonds. The van der Waals surface area contributed by atoms with Crippen molar-refractivity contribution < 1.29 is 9.59 Å². The smallest absolute Gasteiger partial charge is 0.318 e. The maximum atomic E-state index is 13.5. The highest BCUT2D eigenvalue weighted by Crippen LogP contribution is 2.60. The molecule has 1 aromatic rings. The molecule has 6 nitrogen and oxygen atoms in total. The molecular weight excluding hydrogens is 412 g/mol. The minimum absolute atomic E-state index is 0.105. The number of carbonyl (C=O) groups excluding carboxylic acids is 2. The molecule has 5 atom stereocenters. The zero-order valence-corrected chi connectivity index (χ0v) is 19.8. The molecule has 1 aromatic carbocycles. The maximum Gasteiger partial charge on any atom is 0.318 e. The molecule has 0 spiro atoms. The van der Waals surface area contributed by atoms with Gasteiger partial charge in [0.15, 0.2) is 0 Å². The highest BCUT2D eigenvalue weighted by Gasteiger charge is 2.58. The molecule has 6 bridgehead atoms. The third-order valence-electron chi connectivity index (χ3n) is 9.93. The van der Waals surface area contributed by atoms with Crippen molar-refractivity contribution in [2.24, 2.45) is 28.9 Å². The number of piperidine rings is 1. The van der Waals surface area contributed by atoms with Crippen LogP contribution in [0.4, 0.5) is 4.79 Å². The van der Waals surface area contributed by atoms with Crippen LogP contribution in [0.25, 0.3) is 0 Å². The standard InChI is InChI=1S/C27H38N4O2/c1-30(16-17-5-3-2-4-6-17)23-11-21-7-8-22(12-23)31(21)26(33)29-24-19-9-18-10-20(24)15-27(13-18,14-19)25(28)32/h2-6,18-24H,7-16H2,1H3,(H2,28,32)(H,29,33)/t18?,19?,20?,21-,22?,23?,24?,27?/m0/s1. The van der Waals surface area contributed by atoms with E-state index in [1.165, 1.54) is 5.56 Å². The summed E-state index contributed by atoms with van der Waals surface area (Å²) in [5.74, 6) is 1.35. The number of nitrogens with zero attached hydrogens (tertiary/aromatic N) is 2. The Kier molecular flexibility index (Phi) is 5.20. The van der Waals surface area contributed by atoms with Gasteiger partial charge in [0.25, 0.3) is 0 Å². The summed E-state index contributed by atoms with van der Waals surface area (Å²) < 4.78 is 0. The fourth-order valence-corrected chi connectivity index (χ4v) is 8.62. The molecule has 2 heterocycles. The predicted octanol–water partition coefficient (Wildman–Crippen LogP) is 3.50. The van der Waals surface area contributed by atoms with Crippen molar-refractivity contribution in [3.8, 4) is 0 Å². The van der Waals surface area contributed by atoms with Crippen LogP contribution in [0.2, 0.25) is 0 Å². The van der Waals surface area contributed by atoms with Crippen LogP contribution in [0.5, 0.6) is 0 Å². The molecular formula is C27H38N4O2.